The smallest absolute Gasteiger partial charge is 0.301 e. The first-order valence-corrected chi connectivity index (χ1v) is 14.3. The van der Waals surface area contributed by atoms with Crippen molar-refractivity contribution in [2.75, 3.05) is 11.5 Å². The highest BCUT2D eigenvalue weighted by Gasteiger charge is 2.48. The first-order chi connectivity index (χ1) is 19.0. The van der Waals surface area contributed by atoms with Gasteiger partial charge in [0.25, 0.3) is 5.78 Å². The third kappa shape index (κ3) is 5.83. The molecule has 0 saturated carbocycles. The van der Waals surface area contributed by atoms with Crippen molar-refractivity contribution in [1.29, 1.82) is 0 Å². The van der Waals surface area contributed by atoms with Gasteiger partial charge < -0.3 is 9.84 Å². The van der Waals surface area contributed by atoms with Gasteiger partial charge in [0.1, 0.15) is 11.5 Å². The van der Waals surface area contributed by atoms with E-state index in [4.69, 9.17) is 16.3 Å². The second-order valence-corrected chi connectivity index (χ2v) is 11.2. The van der Waals surface area contributed by atoms with E-state index in [1.54, 1.807) is 36.4 Å². The Morgan fingerprint density at radius 3 is 2.46 bits per heavy atom. The van der Waals surface area contributed by atoms with Gasteiger partial charge in [-0.2, -0.15) is 0 Å². The maximum atomic E-state index is 13.4. The van der Waals surface area contributed by atoms with Crippen LogP contribution in [0.2, 0.25) is 5.02 Å². The van der Waals surface area contributed by atoms with Crippen LogP contribution < -0.4 is 9.64 Å². The van der Waals surface area contributed by atoms with Crippen molar-refractivity contribution in [3.8, 4) is 5.75 Å². The van der Waals surface area contributed by atoms with Gasteiger partial charge in [0.05, 0.1) is 18.2 Å². The van der Waals surface area contributed by atoms with Crippen molar-refractivity contribution >= 4 is 57.3 Å². The predicted octanol–water partition coefficient (Wildman–Crippen LogP) is 6.29. The number of halogens is 1. The molecule has 8 nitrogen and oxygen atoms in total. The highest BCUT2D eigenvalue weighted by molar-refractivity contribution is 8.00. The molecule has 1 amide bonds. The van der Waals surface area contributed by atoms with Crippen molar-refractivity contribution in [2.45, 2.75) is 29.5 Å². The molecular formula is C28H23ClN4O4S2. The molecule has 2 aromatic carbocycles. The molecule has 1 aliphatic rings. The molecule has 2 aromatic heterocycles. The van der Waals surface area contributed by atoms with E-state index in [0.29, 0.717) is 38.6 Å². The summed E-state index contributed by atoms with van der Waals surface area (Å²) in [6, 6.07) is 16.9. The topological polar surface area (TPSA) is 106 Å². The van der Waals surface area contributed by atoms with Crippen molar-refractivity contribution in [3.63, 3.8) is 0 Å². The van der Waals surface area contributed by atoms with Gasteiger partial charge in [-0.05, 0) is 53.9 Å². The number of carbonyl (C=O) groups is 2. The predicted molar refractivity (Wildman–Crippen MR) is 152 cm³/mol. The van der Waals surface area contributed by atoms with Gasteiger partial charge >= 0.3 is 5.91 Å². The van der Waals surface area contributed by atoms with E-state index in [9.17, 15) is 14.7 Å². The Hall–Kier alpha value is -3.73. The standard InChI is InChI=1S/C28H23ClN4O4S2/c1-2-15-37-21-9-5-18(6-10-21)23-22(24(34)19-11-13-30-14-12-19)25(35)26(36)33(23)27-31-32-28(39-27)38-16-17-3-7-20(29)8-4-17/h3-14,23,34H,2,15-16H2,1H3. The molecule has 1 aliphatic heterocycles. The average molecular weight is 579 g/mol. The number of aliphatic hydroxyl groups excluding tert-OH is 1. The van der Waals surface area contributed by atoms with Crippen LogP contribution in [0, 0.1) is 0 Å². The van der Waals surface area contributed by atoms with Gasteiger partial charge in [-0.15, -0.1) is 10.2 Å². The van der Waals surface area contributed by atoms with E-state index < -0.39 is 17.7 Å². The molecular weight excluding hydrogens is 556 g/mol. The fraction of sp³-hybridized carbons (Fsp3) is 0.179. The van der Waals surface area contributed by atoms with Crippen LogP contribution in [-0.4, -0.2) is 38.6 Å². The Balaban J connectivity index is 1.51. The van der Waals surface area contributed by atoms with E-state index >= 15 is 0 Å². The zero-order chi connectivity index (χ0) is 27.4. The molecule has 0 bridgehead atoms. The molecule has 5 rings (SSSR count). The molecule has 1 fully saturated rings. The van der Waals surface area contributed by atoms with Gasteiger partial charge in [0.2, 0.25) is 5.13 Å². The number of hydrogen-bond acceptors (Lipinski definition) is 9. The number of ketones is 1. The molecule has 39 heavy (non-hydrogen) atoms. The van der Waals surface area contributed by atoms with Crippen LogP contribution in [0.25, 0.3) is 5.76 Å². The molecule has 1 N–H and O–H groups in total. The summed E-state index contributed by atoms with van der Waals surface area (Å²) in [5.41, 5.74) is 2.04. The largest absolute Gasteiger partial charge is 0.507 e. The molecule has 0 radical (unpaired) electrons. The SMILES string of the molecule is CCCOc1ccc(C2C(=C(O)c3ccncc3)C(=O)C(=O)N2c2nnc(SCc3ccc(Cl)cc3)s2)cc1. The summed E-state index contributed by atoms with van der Waals surface area (Å²) in [4.78, 5) is 32.0. The fourth-order valence-electron chi connectivity index (χ4n) is 4.06. The Bertz CT molecular complexity index is 1510. The first kappa shape index (κ1) is 26.9. The van der Waals surface area contributed by atoms with Crippen molar-refractivity contribution in [2.24, 2.45) is 0 Å². The van der Waals surface area contributed by atoms with E-state index in [1.165, 1.54) is 40.4 Å². The maximum Gasteiger partial charge on any atom is 0.301 e. The summed E-state index contributed by atoms with van der Waals surface area (Å²) in [5.74, 6) is -0.562. The normalized spacial score (nSPS) is 16.6. The molecule has 11 heteroatoms. The Labute approximate surface area is 238 Å². The maximum absolute atomic E-state index is 13.4. The fourth-order valence-corrected chi connectivity index (χ4v) is 6.01. The Kier molecular flexibility index (Phi) is 8.25. The lowest BCUT2D eigenvalue weighted by molar-refractivity contribution is -0.132. The zero-order valence-electron chi connectivity index (χ0n) is 20.8. The quantitative estimate of drug-likeness (QED) is 0.0811. The average Bonchev–Trinajstić information content (AvgIpc) is 3.54. The van der Waals surface area contributed by atoms with Crippen LogP contribution in [0.15, 0.2) is 83.0 Å². The van der Waals surface area contributed by atoms with E-state index in [0.717, 1.165) is 12.0 Å². The third-order valence-electron chi connectivity index (χ3n) is 5.94. The summed E-state index contributed by atoms with van der Waals surface area (Å²) in [5, 5.41) is 20.6. The minimum atomic E-state index is -0.902. The number of benzene rings is 2. The molecule has 1 saturated heterocycles. The Morgan fingerprint density at radius 1 is 1.05 bits per heavy atom. The first-order valence-electron chi connectivity index (χ1n) is 12.1. The molecule has 198 valence electrons. The van der Waals surface area contributed by atoms with Gasteiger partial charge in [-0.25, -0.2) is 0 Å². The van der Waals surface area contributed by atoms with Crippen molar-refractivity contribution < 1.29 is 19.4 Å². The number of Topliss-reactive ketones (excluding diaryl/α,β-unsaturated/α-hetero) is 1. The van der Waals surface area contributed by atoms with Crippen LogP contribution in [0.3, 0.4) is 0 Å². The second-order valence-electron chi connectivity index (χ2n) is 8.59. The van der Waals surface area contributed by atoms with Gasteiger partial charge in [-0.3, -0.25) is 19.5 Å². The summed E-state index contributed by atoms with van der Waals surface area (Å²) in [7, 11) is 0. The number of pyridine rings is 1. The number of ether oxygens (including phenoxy) is 1. The van der Waals surface area contributed by atoms with Gasteiger partial charge in [0.15, 0.2) is 4.34 Å². The Morgan fingerprint density at radius 2 is 1.77 bits per heavy atom. The van der Waals surface area contributed by atoms with E-state index in [-0.39, 0.29) is 16.5 Å². The summed E-state index contributed by atoms with van der Waals surface area (Å²) < 4.78 is 6.33. The number of thioether (sulfide) groups is 1. The van der Waals surface area contributed by atoms with Gasteiger partial charge in [-0.1, -0.05) is 65.9 Å². The summed E-state index contributed by atoms with van der Waals surface area (Å²) in [6.45, 7) is 2.59. The van der Waals surface area contributed by atoms with Crippen molar-refractivity contribution in [3.05, 3.63) is 100 Å². The number of rotatable bonds is 9. The number of aliphatic hydroxyl groups is 1. The van der Waals surface area contributed by atoms with E-state index in [2.05, 4.69) is 15.2 Å². The zero-order valence-corrected chi connectivity index (χ0v) is 23.2. The third-order valence-corrected chi connectivity index (χ3v) is 8.32. The van der Waals surface area contributed by atoms with E-state index in [1.807, 2.05) is 31.2 Å². The minimum absolute atomic E-state index is 0.0287. The lowest BCUT2D eigenvalue weighted by atomic mass is 9.95. The number of aromatic nitrogens is 3. The minimum Gasteiger partial charge on any atom is -0.507 e. The van der Waals surface area contributed by atoms with Crippen molar-refractivity contribution in [1.82, 2.24) is 15.2 Å². The summed E-state index contributed by atoms with van der Waals surface area (Å²) in [6.07, 6.45) is 3.88. The second kappa shape index (κ2) is 12.0. The van der Waals surface area contributed by atoms with Crippen LogP contribution in [0.4, 0.5) is 5.13 Å². The number of amides is 1. The molecule has 0 spiro atoms. The number of hydrogen-bond donors (Lipinski definition) is 1. The van der Waals surface area contributed by atoms with Crippen LogP contribution in [0.1, 0.15) is 36.1 Å². The van der Waals surface area contributed by atoms with Gasteiger partial charge in [0, 0.05) is 28.7 Å². The molecule has 4 aromatic rings. The van der Waals surface area contributed by atoms with Crippen LogP contribution in [0.5, 0.6) is 5.75 Å². The lowest BCUT2D eigenvalue weighted by Crippen LogP contribution is -2.29. The number of anilines is 1. The number of nitrogens with zero attached hydrogens (tertiary/aromatic N) is 4. The highest BCUT2D eigenvalue weighted by atomic mass is 35.5. The summed E-state index contributed by atoms with van der Waals surface area (Å²) >= 11 is 8.65. The molecule has 0 aliphatic carbocycles. The van der Waals surface area contributed by atoms with Crippen LogP contribution in [-0.2, 0) is 15.3 Å². The van der Waals surface area contributed by atoms with Crippen LogP contribution >= 0.6 is 34.7 Å². The monoisotopic (exact) mass is 578 g/mol. The highest BCUT2D eigenvalue weighted by Crippen LogP contribution is 2.44. The molecule has 1 atom stereocenters. The number of carbonyl (C=O) groups excluding carboxylic acids is 2. The molecule has 3 heterocycles. The lowest BCUT2D eigenvalue weighted by Gasteiger charge is -2.22. The molecule has 1 unspecified atom stereocenters.